The van der Waals surface area contributed by atoms with E-state index in [1.807, 2.05) is 42.6 Å². The SMILES string of the molecule is CCOC(=O)N1CCN(C(=O)c2cccc(-n3ccc4ccccc43)c2)CC1. The molecular formula is C22H23N3O3. The highest BCUT2D eigenvalue weighted by Crippen LogP contribution is 2.21. The topological polar surface area (TPSA) is 54.8 Å². The Morgan fingerprint density at radius 1 is 0.929 bits per heavy atom. The number of amides is 2. The third kappa shape index (κ3) is 3.45. The lowest BCUT2D eigenvalue weighted by atomic mass is 10.1. The molecule has 2 aromatic carbocycles. The standard InChI is InChI=1S/C22H23N3O3/c1-2-28-22(27)24-14-12-23(13-15-24)21(26)18-7-5-8-19(16-18)25-11-10-17-6-3-4-9-20(17)25/h3-11,16H,2,12-15H2,1H3. The van der Waals surface area contributed by atoms with Crippen LogP contribution in [0.4, 0.5) is 4.79 Å². The quantitative estimate of drug-likeness (QED) is 0.701. The van der Waals surface area contributed by atoms with Gasteiger partial charge in [0.05, 0.1) is 12.1 Å². The third-order valence-corrected chi connectivity index (χ3v) is 5.06. The van der Waals surface area contributed by atoms with Crippen LogP contribution in [0.2, 0.25) is 0 Å². The molecule has 6 nitrogen and oxygen atoms in total. The van der Waals surface area contributed by atoms with Crippen LogP contribution in [0.3, 0.4) is 0 Å². The van der Waals surface area contributed by atoms with E-state index in [1.165, 1.54) is 0 Å². The van der Waals surface area contributed by atoms with Gasteiger partial charge in [-0.3, -0.25) is 4.79 Å². The highest BCUT2D eigenvalue weighted by atomic mass is 16.6. The summed E-state index contributed by atoms with van der Waals surface area (Å²) >= 11 is 0. The van der Waals surface area contributed by atoms with E-state index < -0.39 is 0 Å². The zero-order chi connectivity index (χ0) is 19.5. The zero-order valence-electron chi connectivity index (χ0n) is 15.9. The molecule has 28 heavy (non-hydrogen) atoms. The Morgan fingerprint density at radius 2 is 1.68 bits per heavy atom. The summed E-state index contributed by atoms with van der Waals surface area (Å²) in [6.45, 7) is 4.15. The van der Waals surface area contributed by atoms with E-state index in [9.17, 15) is 9.59 Å². The van der Waals surface area contributed by atoms with E-state index in [0.717, 1.165) is 16.6 Å². The number of carbonyl (C=O) groups is 2. The van der Waals surface area contributed by atoms with Crippen LogP contribution in [0, 0.1) is 0 Å². The van der Waals surface area contributed by atoms with Crippen LogP contribution in [0.25, 0.3) is 16.6 Å². The minimum absolute atomic E-state index is 0.0122. The maximum absolute atomic E-state index is 13.0. The summed E-state index contributed by atoms with van der Waals surface area (Å²) in [5.74, 6) is -0.0122. The van der Waals surface area contributed by atoms with E-state index in [0.29, 0.717) is 38.3 Å². The van der Waals surface area contributed by atoms with E-state index >= 15 is 0 Å². The van der Waals surface area contributed by atoms with Crippen molar-refractivity contribution in [3.05, 3.63) is 66.4 Å². The molecule has 0 spiro atoms. The summed E-state index contributed by atoms with van der Waals surface area (Å²) in [4.78, 5) is 28.2. The van der Waals surface area contributed by atoms with Crippen molar-refractivity contribution >= 4 is 22.9 Å². The molecule has 0 bridgehead atoms. The molecule has 2 amide bonds. The molecule has 0 N–H and O–H groups in total. The molecule has 0 radical (unpaired) electrons. The summed E-state index contributed by atoms with van der Waals surface area (Å²) in [7, 11) is 0. The lowest BCUT2D eigenvalue weighted by Crippen LogP contribution is -2.50. The Kier molecular flexibility index (Phi) is 5.02. The number of carbonyl (C=O) groups excluding carboxylic acids is 2. The fourth-order valence-electron chi connectivity index (χ4n) is 3.59. The maximum Gasteiger partial charge on any atom is 0.409 e. The van der Waals surface area contributed by atoms with Crippen molar-refractivity contribution < 1.29 is 14.3 Å². The molecule has 1 aromatic heterocycles. The first-order valence-electron chi connectivity index (χ1n) is 9.55. The van der Waals surface area contributed by atoms with Crippen molar-refractivity contribution in [2.24, 2.45) is 0 Å². The highest BCUT2D eigenvalue weighted by molar-refractivity contribution is 5.95. The number of aromatic nitrogens is 1. The predicted octanol–water partition coefficient (Wildman–Crippen LogP) is 3.54. The number of benzene rings is 2. The lowest BCUT2D eigenvalue weighted by molar-refractivity contribution is 0.0570. The number of hydrogen-bond acceptors (Lipinski definition) is 3. The minimum Gasteiger partial charge on any atom is -0.450 e. The van der Waals surface area contributed by atoms with Gasteiger partial charge in [-0.2, -0.15) is 0 Å². The smallest absolute Gasteiger partial charge is 0.409 e. The normalized spacial score (nSPS) is 14.3. The second-order valence-corrected chi connectivity index (χ2v) is 6.77. The van der Waals surface area contributed by atoms with E-state index in [1.54, 1.807) is 16.7 Å². The molecule has 144 valence electrons. The van der Waals surface area contributed by atoms with Crippen LogP contribution in [0.1, 0.15) is 17.3 Å². The molecule has 2 heterocycles. The van der Waals surface area contributed by atoms with Gasteiger partial charge in [-0.1, -0.05) is 24.3 Å². The lowest BCUT2D eigenvalue weighted by Gasteiger charge is -2.34. The van der Waals surface area contributed by atoms with Crippen molar-refractivity contribution in [3.63, 3.8) is 0 Å². The second-order valence-electron chi connectivity index (χ2n) is 6.77. The number of ether oxygens (including phenoxy) is 1. The zero-order valence-corrected chi connectivity index (χ0v) is 15.9. The Labute approximate surface area is 163 Å². The molecule has 0 atom stereocenters. The van der Waals surface area contributed by atoms with Gasteiger partial charge in [0.2, 0.25) is 0 Å². The Balaban J connectivity index is 1.51. The fourth-order valence-corrected chi connectivity index (χ4v) is 3.59. The first-order valence-corrected chi connectivity index (χ1v) is 9.55. The van der Waals surface area contributed by atoms with Crippen LogP contribution in [-0.2, 0) is 4.74 Å². The van der Waals surface area contributed by atoms with E-state index in [2.05, 4.69) is 22.8 Å². The van der Waals surface area contributed by atoms with E-state index in [-0.39, 0.29) is 12.0 Å². The number of rotatable bonds is 3. The van der Waals surface area contributed by atoms with Crippen LogP contribution in [-0.4, -0.2) is 59.2 Å². The van der Waals surface area contributed by atoms with Gasteiger partial charge in [0, 0.05) is 43.6 Å². The summed E-state index contributed by atoms with van der Waals surface area (Å²) in [5.41, 5.74) is 2.72. The molecule has 4 rings (SSSR count). The molecule has 0 aliphatic carbocycles. The van der Waals surface area contributed by atoms with Crippen molar-refractivity contribution in [2.75, 3.05) is 32.8 Å². The molecule has 0 saturated carbocycles. The monoisotopic (exact) mass is 377 g/mol. The average Bonchev–Trinajstić information content (AvgIpc) is 3.18. The second kappa shape index (κ2) is 7.76. The van der Waals surface area contributed by atoms with Crippen LogP contribution < -0.4 is 0 Å². The molecule has 1 aliphatic heterocycles. The molecule has 0 unspecified atom stereocenters. The first kappa shape index (κ1) is 18.1. The van der Waals surface area contributed by atoms with Crippen molar-refractivity contribution in [1.29, 1.82) is 0 Å². The number of fused-ring (bicyclic) bond motifs is 1. The Bertz CT molecular complexity index is 1000. The van der Waals surface area contributed by atoms with Crippen LogP contribution >= 0.6 is 0 Å². The van der Waals surface area contributed by atoms with Gasteiger partial charge in [-0.15, -0.1) is 0 Å². The van der Waals surface area contributed by atoms with Gasteiger partial charge in [0.1, 0.15) is 0 Å². The van der Waals surface area contributed by atoms with Crippen molar-refractivity contribution in [2.45, 2.75) is 6.92 Å². The number of piperazine rings is 1. The number of nitrogens with zero attached hydrogens (tertiary/aromatic N) is 3. The Hall–Kier alpha value is -3.28. The van der Waals surface area contributed by atoms with E-state index in [4.69, 9.17) is 4.74 Å². The molecule has 1 saturated heterocycles. The third-order valence-electron chi connectivity index (χ3n) is 5.06. The number of hydrogen-bond donors (Lipinski definition) is 0. The van der Waals surface area contributed by atoms with Crippen molar-refractivity contribution in [3.8, 4) is 5.69 Å². The summed E-state index contributed by atoms with van der Waals surface area (Å²) < 4.78 is 7.12. The van der Waals surface area contributed by atoms with Gasteiger partial charge in [-0.05, 0) is 42.6 Å². The largest absolute Gasteiger partial charge is 0.450 e. The van der Waals surface area contributed by atoms with Crippen LogP contribution in [0.5, 0.6) is 0 Å². The number of para-hydroxylation sites is 1. The van der Waals surface area contributed by atoms with Gasteiger partial charge < -0.3 is 19.1 Å². The highest BCUT2D eigenvalue weighted by Gasteiger charge is 2.25. The average molecular weight is 377 g/mol. The molecule has 3 aromatic rings. The van der Waals surface area contributed by atoms with Crippen molar-refractivity contribution in [1.82, 2.24) is 14.4 Å². The fraction of sp³-hybridized carbons (Fsp3) is 0.273. The molecule has 1 aliphatic rings. The maximum atomic E-state index is 13.0. The summed E-state index contributed by atoms with van der Waals surface area (Å²) in [5, 5.41) is 1.16. The molecule has 1 fully saturated rings. The molecule has 6 heteroatoms. The van der Waals surface area contributed by atoms with Gasteiger partial charge in [0.15, 0.2) is 0 Å². The Morgan fingerprint density at radius 3 is 2.46 bits per heavy atom. The summed E-state index contributed by atoms with van der Waals surface area (Å²) in [6, 6.07) is 17.9. The van der Waals surface area contributed by atoms with Gasteiger partial charge in [-0.25, -0.2) is 4.79 Å². The summed E-state index contributed by atoms with van der Waals surface area (Å²) in [6.07, 6.45) is 1.71. The van der Waals surface area contributed by atoms with Gasteiger partial charge >= 0.3 is 6.09 Å². The van der Waals surface area contributed by atoms with Gasteiger partial charge in [0.25, 0.3) is 5.91 Å². The minimum atomic E-state index is -0.309. The van der Waals surface area contributed by atoms with Crippen LogP contribution in [0.15, 0.2) is 60.8 Å². The first-order chi connectivity index (χ1) is 13.7. The molecular weight excluding hydrogens is 354 g/mol. The predicted molar refractivity (Wildman–Crippen MR) is 108 cm³/mol.